The molecule has 0 aliphatic heterocycles. The van der Waals surface area contributed by atoms with Gasteiger partial charge in [0.1, 0.15) is 0 Å². The van der Waals surface area contributed by atoms with E-state index in [1.54, 1.807) is 42.5 Å². The second kappa shape index (κ2) is 8.26. The highest BCUT2D eigenvalue weighted by molar-refractivity contribution is 7.12. The van der Waals surface area contributed by atoms with Crippen molar-refractivity contribution in [2.24, 2.45) is 0 Å². The highest BCUT2D eigenvalue weighted by Crippen LogP contribution is 2.19. The Labute approximate surface area is 138 Å². The number of benzene rings is 1. The van der Waals surface area contributed by atoms with Crippen LogP contribution >= 0.6 is 11.3 Å². The Bertz CT molecular complexity index is 683. The second-order valence-electron chi connectivity index (χ2n) is 4.74. The Balaban J connectivity index is 2.24. The van der Waals surface area contributed by atoms with Gasteiger partial charge in [0.25, 0.3) is 11.8 Å². The standard InChI is InChI=1S/C17H18N2O3S/c1-2-9-19(10-11-20)17(22)13-6-3-4-7-14(13)18-16(21)15-8-5-12-23-15/h2-8,12,20H,1,9-11H2,(H,18,21). The molecule has 5 nitrogen and oxygen atoms in total. The van der Waals surface area contributed by atoms with Gasteiger partial charge in [0.2, 0.25) is 0 Å². The fraction of sp³-hybridized carbons (Fsp3) is 0.176. The molecule has 1 heterocycles. The first-order valence-corrected chi connectivity index (χ1v) is 8.00. The third-order valence-corrected chi connectivity index (χ3v) is 4.03. The minimum Gasteiger partial charge on any atom is -0.395 e. The number of nitrogens with one attached hydrogen (secondary N) is 1. The third-order valence-electron chi connectivity index (χ3n) is 3.16. The highest BCUT2D eigenvalue weighted by Gasteiger charge is 2.19. The topological polar surface area (TPSA) is 69.6 Å². The largest absolute Gasteiger partial charge is 0.395 e. The molecule has 0 radical (unpaired) electrons. The van der Waals surface area contributed by atoms with Crippen molar-refractivity contribution in [3.05, 3.63) is 64.9 Å². The van der Waals surface area contributed by atoms with Crippen LogP contribution in [0.25, 0.3) is 0 Å². The summed E-state index contributed by atoms with van der Waals surface area (Å²) in [6, 6.07) is 10.3. The smallest absolute Gasteiger partial charge is 0.265 e. The van der Waals surface area contributed by atoms with Crippen LogP contribution in [0.3, 0.4) is 0 Å². The number of hydrogen-bond donors (Lipinski definition) is 2. The van der Waals surface area contributed by atoms with E-state index in [4.69, 9.17) is 5.11 Å². The van der Waals surface area contributed by atoms with Crippen LogP contribution in [0.5, 0.6) is 0 Å². The van der Waals surface area contributed by atoms with Gasteiger partial charge in [0.05, 0.1) is 22.7 Å². The Hall–Kier alpha value is -2.44. The number of aliphatic hydroxyl groups excluding tert-OH is 1. The van der Waals surface area contributed by atoms with Crippen LogP contribution in [-0.4, -0.2) is 41.5 Å². The monoisotopic (exact) mass is 330 g/mol. The number of hydrogen-bond acceptors (Lipinski definition) is 4. The fourth-order valence-electron chi connectivity index (χ4n) is 2.09. The van der Waals surface area contributed by atoms with Crippen molar-refractivity contribution < 1.29 is 14.7 Å². The van der Waals surface area contributed by atoms with Crippen molar-refractivity contribution in [1.82, 2.24) is 4.90 Å². The van der Waals surface area contributed by atoms with Gasteiger partial charge in [-0.2, -0.15) is 0 Å². The highest BCUT2D eigenvalue weighted by atomic mass is 32.1. The zero-order chi connectivity index (χ0) is 16.7. The molecule has 0 aliphatic rings. The van der Waals surface area contributed by atoms with Gasteiger partial charge in [-0.15, -0.1) is 17.9 Å². The molecule has 0 bridgehead atoms. The van der Waals surface area contributed by atoms with Gasteiger partial charge in [0, 0.05) is 13.1 Å². The number of aliphatic hydroxyl groups is 1. The molecule has 0 aliphatic carbocycles. The molecule has 2 amide bonds. The molecular formula is C17H18N2O3S. The van der Waals surface area contributed by atoms with Gasteiger partial charge in [-0.1, -0.05) is 24.3 Å². The van der Waals surface area contributed by atoms with Gasteiger partial charge in [-0.25, -0.2) is 0 Å². The van der Waals surface area contributed by atoms with Gasteiger partial charge in [-0.05, 0) is 23.6 Å². The Morgan fingerprint density at radius 2 is 2.04 bits per heavy atom. The lowest BCUT2D eigenvalue weighted by molar-refractivity contribution is 0.0744. The lowest BCUT2D eigenvalue weighted by Gasteiger charge is -2.21. The lowest BCUT2D eigenvalue weighted by Crippen LogP contribution is -2.34. The minimum atomic E-state index is -0.263. The molecule has 0 saturated carbocycles. The van der Waals surface area contributed by atoms with E-state index >= 15 is 0 Å². The van der Waals surface area contributed by atoms with E-state index in [9.17, 15) is 9.59 Å². The summed E-state index contributed by atoms with van der Waals surface area (Å²) >= 11 is 1.33. The van der Waals surface area contributed by atoms with E-state index in [1.807, 2.05) is 5.38 Å². The molecular weight excluding hydrogens is 312 g/mol. The summed E-state index contributed by atoms with van der Waals surface area (Å²) in [7, 11) is 0. The average molecular weight is 330 g/mol. The average Bonchev–Trinajstić information content (AvgIpc) is 3.09. The summed E-state index contributed by atoms with van der Waals surface area (Å²) in [6.45, 7) is 4.02. The number of para-hydroxylation sites is 1. The van der Waals surface area contributed by atoms with Crippen LogP contribution in [0.2, 0.25) is 0 Å². The van der Waals surface area contributed by atoms with Gasteiger partial charge in [-0.3, -0.25) is 9.59 Å². The van der Waals surface area contributed by atoms with Crippen molar-refractivity contribution in [2.45, 2.75) is 0 Å². The molecule has 23 heavy (non-hydrogen) atoms. The van der Waals surface area contributed by atoms with E-state index in [2.05, 4.69) is 11.9 Å². The van der Waals surface area contributed by atoms with E-state index in [0.29, 0.717) is 22.7 Å². The Morgan fingerprint density at radius 1 is 1.26 bits per heavy atom. The van der Waals surface area contributed by atoms with Crippen LogP contribution in [0.1, 0.15) is 20.0 Å². The van der Waals surface area contributed by atoms with Gasteiger partial charge >= 0.3 is 0 Å². The quantitative estimate of drug-likeness (QED) is 0.767. The molecule has 120 valence electrons. The maximum atomic E-state index is 12.6. The third kappa shape index (κ3) is 4.28. The molecule has 0 unspecified atom stereocenters. The molecule has 6 heteroatoms. The summed E-state index contributed by atoms with van der Waals surface area (Å²) in [6.07, 6.45) is 1.60. The van der Waals surface area contributed by atoms with Crippen LogP contribution in [0.15, 0.2) is 54.4 Å². The molecule has 1 aromatic carbocycles. The summed E-state index contributed by atoms with van der Waals surface area (Å²) < 4.78 is 0. The summed E-state index contributed by atoms with van der Waals surface area (Å²) in [5, 5.41) is 13.7. The van der Waals surface area contributed by atoms with Crippen LogP contribution in [0.4, 0.5) is 5.69 Å². The van der Waals surface area contributed by atoms with E-state index in [-0.39, 0.29) is 25.0 Å². The first-order chi connectivity index (χ1) is 11.2. The zero-order valence-electron chi connectivity index (χ0n) is 12.6. The van der Waals surface area contributed by atoms with E-state index in [0.717, 1.165) is 0 Å². The molecule has 0 saturated heterocycles. The number of anilines is 1. The number of thiophene rings is 1. The van der Waals surface area contributed by atoms with Gasteiger partial charge < -0.3 is 15.3 Å². The predicted molar refractivity (Wildman–Crippen MR) is 91.9 cm³/mol. The van der Waals surface area contributed by atoms with Crippen molar-refractivity contribution in [3.8, 4) is 0 Å². The van der Waals surface area contributed by atoms with Crippen molar-refractivity contribution in [1.29, 1.82) is 0 Å². The van der Waals surface area contributed by atoms with Crippen molar-refractivity contribution in [2.75, 3.05) is 25.0 Å². The maximum Gasteiger partial charge on any atom is 0.265 e. The van der Waals surface area contributed by atoms with Crippen LogP contribution in [-0.2, 0) is 0 Å². The van der Waals surface area contributed by atoms with E-state index < -0.39 is 0 Å². The van der Waals surface area contributed by atoms with Crippen molar-refractivity contribution >= 4 is 28.8 Å². The lowest BCUT2D eigenvalue weighted by atomic mass is 10.1. The van der Waals surface area contributed by atoms with Gasteiger partial charge in [0.15, 0.2) is 0 Å². The Kier molecular flexibility index (Phi) is 6.08. The summed E-state index contributed by atoms with van der Waals surface area (Å²) in [5.74, 6) is -0.515. The number of nitrogens with zero attached hydrogens (tertiary/aromatic N) is 1. The molecule has 0 spiro atoms. The first kappa shape index (κ1) is 16.9. The fourth-order valence-corrected chi connectivity index (χ4v) is 2.71. The van der Waals surface area contributed by atoms with Crippen LogP contribution < -0.4 is 5.32 Å². The Morgan fingerprint density at radius 3 is 2.70 bits per heavy atom. The molecule has 0 atom stereocenters. The van der Waals surface area contributed by atoms with E-state index in [1.165, 1.54) is 16.2 Å². The number of carbonyl (C=O) groups excluding carboxylic acids is 2. The number of amides is 2. The second-order valence-corrected chi connectivity index (χ2v) is 5.69. The summed E-state index contributed by atoms with van der Waals surface area (Å²) in [5.41, 5.74) is 0.829. The number of rotatable bonds is 7. The molecule has 2 N–H and O–H groups in total. The first-order valence-electron chi connectivity index (χ1n) is 7.12. The minimum absolute atomic E-state index is 0.136. The molecule has 2 aromatic rings. The predicted octanol–water partition coefficient (Wildman–Crippen LogP) is 2.62. The zero-order valence-corrected chi connectivity index (χ0v) is 13.4. The number of carbonyl (C=O) groups is 2. The van der Waals surface area contributed by atoms with Crippen LogP contribution in [0, 0.1) is 0 Å². The molecule has 0 fully saturated rings. The van der Waals surface area contributed by atoms with Crippen molar-refractivity contribution in [3.63, 3.8) is 0 Å². The molecule has 1 aromatic heterocycles. The maximum absolute atomic E-state index is 12.6. The summed E-state index contributed by atoms with van der Waals surface area (Å²) in [4.78, 5) is 26.9. The molecule has 2 rings (SSSR count). The SMILES string of the molecule is C=CCN(CCO)C(=O)c1ccccc1NC(=O)c1cccs1. The normalized spacial score (nSPS) is 10.1.